The Hall–Kier alpha value is -2.56. The molecule has 0 saturated carbocycles. The summed E-state index contributed by atoms with van der Waals surface area (Å²) in [4.78, 5) is 15.5. The molecule has 2 rings (SSSR count). The number of rotatable bonds is 5. The molecule has 2 aromatic rings. The van der Waals surface area contributed by atoms with E-state index in [0.29, 0.717) is 18.8 Å². The van der Waals surface area contributed by atoms with Gasteiger partial charge in [-0.1, -0.05) is 12.1 Å². The first kappa shape index (κ1) is 12.9. The summed E-state index contributed by atoms with van der Waals surface area (Å²) in [5.41, 5.74) is 7.24. The van der Waals surface area contributed by atoms with E-state index in [4.69, 9.17) is 5.73 Å². The number of aromatic nitrogens is 2. The Balaban J connectivity index is 1.76. The molecule has 1 aromatic carbocycles. The summed E-state index contributed by atoms with van der Waals surface area (Å²) in [5, 5.41) is 2.80. The average Bonchev–Trinajstić information content (AvgIpc) is 2.91. The fourth-order valence-corrected chi connectivity index (χ4v) is 1.57. The predicted octanol–water partition coefficient (Wildman–Crippen LogP) is 1.29. The van der Waals surface area contributed by atoms with Crippen LogP contribution in [0.4, 0.5) is 5.69 Å². The number of anilines is 1. The lowest BCUT2D eigenvalue weighted by Gasteiger charge is -2.02. The molecule has 0 fully saturated rings. The van der Waals surface area contributed by atoms with Crippen LogP contribution in [0.25, 0.3) is 6.08 Å². The summed E-state index contributed by atoms with van der Waals surface area (Å²) in [6.07, 6.45) is 8.56. The van der Waals surface area contributed by atoms with Gasteiger partial charge in [0.2, 0.25) is 5.91 Å². The standard InChI is InChI=1S/C14H16N4O/c15-13-4-1-12(2-5-13)3-6-14(19)17-8-10-18-9-7-16-11-18/h1-7,9,11H,8,10,15H2,(H,17,19)/b6-3+. The molecule has 0 unspecified atom stereocenters. The van der Waals surface area contributed by atoms with Crippen LogP contribution in [0.2, 0.25) is 0 Å². The molecular formula is C14H16N4O. The molecule has 5 heteroatoms. The van der Waals surface area contributed by atoms with Crippen LogP contribution in [0.5, 0.6) is 0 Å². The van der Waals surface area contributed by atoms with Crippen LogP contribution in [0, 0.1) is 0 Å². The molecule has 0 bridgehead atoms. The smallest absolute Gasteiger partial charge is 0.244 e. The number of imidazole rings is 1. The number of nitrogens with zero attached hydrogens (tertiary/aromatic N) is 2. The minimum atomic E-state index is -0.114. The molecule has 5 nitrogen and oxygen atoms in total. The van der Waals surface area contributed by atoms with Crippen LogP contribution in [0.3, 0.4) is 0 Å². The van der Waals surface area contributed by atoms with Crippen molar-refractivity contribution in [1.82, 2.24) is 14.9 Å². The van der Waals surface area contributed by atoms with E-state index in [-0.39, 0.29) is 5.91 Å². The largest absolute Gasteiger partial charge is 0.399 e. The van der Waals surface area contributed by atoms with Gasteiger partial charge in [0.15, 0.2) is 0 Å². The van der Waals surface area contributed by atoms with Gasteiger partial charge in [0.1, 0.15) is 0 Å². The van der Waals surface area contributed by atoms with Crippen molar-refractivity contribution in [2.24, 2.45) is 0 Å². The van der Waals surface area contributed by atoms with Crippen LogP contribution in [-0.2, 0) is 11.3 Å². The molecule has 0 aliphatic carbocycles. The summed E-state index contributed by atoms with van der Waals surface area (Å²) in [7, 11) is 0. The van der Waals surface area contributed by atoms with Gasteiger partial charge in [-0.15, -0.1) is 0 Å². The average molecular weight is 256 g/mol. The molecule has 0 aliphatic rings. The normalized spacial score (nSPS) is 10.7. The number of carbonyl (C=O) groups is 1. The van der Waals surface area contributed by atoms with Gasteiger partial charge in [0.05, 0.1) is 6.33 Å². The van der Waals surface area contributed by atoms with E-state index in [2.05, 4.69) is 10.3 Å². The molecule has 1 heterocycles. The zero-order chi connectivity index (χ0) is 13.5. The molecule has 98 valence electrons. The van der Waals surface area contributed by atoms with Crippen molar-refractivity contribution in [3.8, 4) is 0 Å². The maximum atomic E-state index is 11.6. The number of amides is 1. The number of benzene rings is 1. The van der Waals surface area contributed by atoms with Gasteiger partial charge in [-0.2, -0.15) is 0 Å². The van der Waals surface area contributed by atoms with E-state index in [0.717, 1.165) is 5.56 Å². The van der Waals surface area contributed by atoms with E-state index in [1.165, 1.54) is 6.08 Å². The Kier molecular flexibility index (Phi) is 4.34. The fourth-order valence-electron chi connectivity index (χ4n) is 1.57. The Morgan fingerprint density at radius 2 is 2.16 bits per heavy atom. The number of nitrogens with two attached hydrogens (primary N) is 1. The zero-order valence-electron chi connectivity index (χ0n) is 10.5. The van der Waals surface area contributed by atoms with Crippen LogP contribution < -0.4 is 11.1 Å². The van der Waals surface area contributed by atoms with Crippen molar-refractivity contribution in [3.05, 3.63) is 54.6 Å². The summed E-state index contributed by atoms with van der Waals surface area (Å²) in [6, 6.07) is 7.34. The lowest BCUT2D eigenvalue weighted by molar-refractivity contribution is -0.116. The lowest BCUT2D eigenvalue weighted by atomic mass is 10.2. The minimum Gasteiger partial charge on any atom is -0.399 e. The van der Waals surface area contributed by atoms with Crippen molar-refractivity contribution in [1.29, 1.82) is 0 Å². The van der Waals surface area contributed by atoms with Crippen molar-refractivity contribution in [2.45, 2.75) is 6.54 Å². The quantitative estimate of drug-likeness (QED) is 0.625. The molecular weight excluding hydrogens is 240 g/mol. The summed E-state index contributed by atoms with van der Waals surface area (Å²) >= 11 is 0. The van der Waals surface area contributed by atoms with Crippen LogP contribution in [0.1, 0.15) is 5.56 Å². The van der Waals surface area contributed by atoms with Gasteiger partial charge in [-0.05, 0) is 23.8 Å². The van der Waals surface area contributed by atoms with Crippen LogP contribution >= 0.6 is 0 Å². The van der Waals surface area contributed by atoms with Gasteiger partial charge >= 0.3 is 0 Å². The highest BCUT2D eigenvalue weighted by molar-refractivity contribution is 5.91. The fraction of sp³-hybridized carbons (Fsp3) is 0.143. The van der Waals surface area contributed by atoms with E-state index in [1.54, 1.807) is 30.7 Å². The van der Waals surface area contributed by atoms with Gasteiger partial charge in [0.25, 0.3) is 0 Å². The zero-order valence-corrected chi connectivity index (χ0v) is 10.5. The monoisotopic (exact) mass is 256 g/mol. The third-order valence-corrected chi connectivity index (χ3v) is 2.59. The Labute approximate surface area is 111 Å². The first-order valence-corrected chi connectivity index (χ1v) is 6.01. The molecule has 3 N–H and O–H groups in total. The van der Waals surface area contributed by atoms with Crippen molar-refractivity contribution in [3.63, 3.8) is 0 Å². The third kappa shape index (κ3) is 4.31. The SMILES string of the molecule is Nc1ccc(/C=C/C(=O)NCCn2ccnc2)cc1. The molecule has 19 heavy (non-hydrogen) atoms. The van der Waals surface area contributed by atoms with Gasteiger partial charge in [-0.3, -0.25) is 4.79 Å². The third-order valence-electron chi connectivity index (χ3n) is 2.59. The second-order valence-electron chi connectivity index (χ2n) is 4.09. The Bertz CT molecular complexity index is 543. The first-order chi connectivity index (χ1) is 9.24. The topological polar surface area (TPSA) is 72.9 Å². The molecule has 0 radical (unpaired) electrons. The van der Waals surface area contributed by atoms with E-state index >= 15 is 0 Å². The minimum absolute atomic E-state index is 0.114. The molecule has 1 aromatic heterocycles. The molecule has 0 aliphatic heterocycles. The van der Waals surface area contributed by atoms with Crippen LogP contribution in [-0.4, -0.2) is 22.0 Å². The van der Waals surface area contributed by atoms with Gasteiger partial charge in [0, 0.05) is 37.2 Å². The Morgan fingerprint density at radius 3 is 2.84 bits per heavy atom. The number of nitrogen functional groups attached to an aromatic ring is 1. The van der Waals surface area contributed by atoms with Crippen LogP contribution in [0.15, 0.2) is 49.1 Å². The predicted molar refractivity (Wildman–Crippen MR) is 75.1 cm³/mol. The second kappa shape index (κ2) is 6.39. The molecule has 0 spiro atoms. The number of hydrogen-bond donors (Lipinski definition) is 2. The van der Waals surface area contributed by atoms with Crippen molar-refractivity contribution >= 4 is 17.7 Å². The lowest BCUT2D eigenvalue weighted by Crippen LogP contribution is -2.25. The number of hydrogen-bond acceptors (Lipinski definition) is 3. The Morgan fingerprint density at radius 1 is 1.37 bits per heavy atom. The molecule has 0 atom stereocenters. The van der Waals surface area contributed by atoms with Gasteiger partial charge < -0.3 is 15.6 Å². The maximum Gasteiger partial charge on any atom is 0.244 e. The second-order valence-corrected chi connectivity index (χ2v) is 4.09. The van der Waals surface area contributed by atoms with Crippen molar-refractivity contribution < 1.29 is 4.79 Å². The summed E-state index contributed by atoms with van der Waals surface area (Å²) in [5.74, 6) is -0.114. The first-order valence-electron chi connectivity index (χ1n) is 6.01. The van der Waals surface area contributed by atoms with E-state index in [9.17, 15) is 4.79 Å². The van der Waals surface area contributed by atoms with E-state index in [1.807, 2.05) is 22.9 Å². The van der Waals surface area contributed by atoms with E-state index < -0.39 is 0 Å². The van der Waals surface area contributed by atoms with Gasteiger partial charge in [-0.25, -0.2) is 4.98 Å². The highest BCUT2D eigenvalue weighted by Crippen LogP contribution is 2.06. The number of carbonyl (C=O) groups excluding carboxylic acids is 1. The molecule has 0 saturated heterocycles. The molecule has 1 amide bonds. The highest BCUT2D eigenvalue weighted by atomic mass is 16.1. The number of nitrogens with one attached hydrogen (secondary N) is 1. The van der Waals surface area contributed by atoms with Crippen molar-refractivity contribution in [2.75, 3.05) is 12.3 Å². The summed E-state index contributed by atoms with van der Waals surface area (Å²) < 4.78 is 1.91. The highest BCUT2D eigenvalue weighted by Gasteiger charge is 1.95. The maximum absolute atomic E-state index is 11.6. The summed E-state index contributed by atoms with van der Waals surface area (Å²) in [6.45, 7) is 1.28.